The Kier molecular flexibility index (Phi) is 5.37. The van der Waals surface area contributed by atoms with Gasteiger partial charge in [-0.05, 0) is 29.7 Å². The summed E-state index contributed by atoms with van der Waals surface area (Å²) in [6, 6.07) is 14.7. The fourth-order valence-electron chi connectivity index (χ4n) is 3.19. The Morgan fingerprint density at radius 1 is 1.13 bits per heavy atom. The van der Waals surface area contributed by atoms with Gasteiger partial charge < -0.3 is 9.84 Å². The molecule has 4 rings (SSSR count). The van der Waals surface area contributed by atoms with E-state index in [1.54, 1.807) is 24.4 Å². The maximum Gasteiger partial charge on any atom is 0.330 e. The Morgan fingerprint density at radius 2 is 1.93 bits per heavy atom. The van der Waals surface area contributed by atoms with Crippen LogP contribution in [0.1, 0.15) is 18.9 Å². The lowest BCUT2D eigenvalue weighted by atomic mass is 10.1. The van der Waals surface area contributed by atoms with Gasteiger partial charge in [-0.1, -0.05) is 43.3 Å². The maximum atomic E-state index is 12.4. The molecule has 2 aromatic carbocycles. The Hall–Kier alpha value is -3.46. The quantitative estimate of drug-likeness (QED) is 0.602. The molecule has 2 N–H and O–H groups in total. The molecule has 156 valence electrons. The minimum absolute atomic E-state index is 0.217. The fourth-order valence-corrected chi connectivity index (χ4v) is 4.26. The van der Waals surface area contributed by atoms with Crippen molar-refractivity contribution >= 4 is 15.9 Å². The molecule has 0 atom stereocenters. The van der Waals surface area contributed by atoms with Gasteiger partial charge in [-0.3, -0.25) is 9.40 Å². The monoisotopic (exact) mass is 426 g/mol. The van der Waals surface area contributed by atoms with Gasteiger partial charge in [0.05, 0.1) is 12.4 Å². The smallest absolute Gasteiger partial charge is 0.330 e. The molecule has 2 heterocycles. The fraction of sp³-hybridized carbons (Fsp3) is 0.190. The minimum Gasteiger partial charge on any atom is -0.493 e. The van der Waals surface area contributed by atoms with Crippen molar-refractivity contribution in [2.24, 2.45) is 0 Å². The highest BCUT2D eigenvalue weighted by Crippen LogP contribution is 2.37. The number of nitrogens with zero attached hydrogens (tertiary/aromatic N) is 3. The zero-order valence-electron chi connectivity index (χ0n) is 16.4. The molecule has 0 saturated carbocycles. The molecule has 30 heavy (non-hydrogen) atoms. The van der Waals surface area contributed by atoms with Crippen molar-refractivity contribution in [2.45, 2.75) is 26.5 Å². The van der Waals surface area contributed by atoms with Gasteiger partial charge in [0, 0.05) is 18.3 Å². The molecule has 1 aliphatic rings. The molecule has 3 aromatic rings. The topological polar surface area (TPSA) is 96.7 Å². The van der Waals surface area contributed by atoms with Gasteiger partial charge in [0.15, 0.2) is 0 Å². The molecule has 0 saturated heterocycles. The Balaban J connectivity index is 1.72. The van der Waals surface area contributed by atoms with Crippen molar-refractivity contribution in [3.63, 3.8) is 0 Å². The number of rotatable bonds is 7. The molecule has 0 bridgehead atoms. The summed E-state index contributed by atoms with van der Waals surface area (Å²) in [5.74, 6) is -0.102. The van der Waals surface area contributed by atoms with Crippen LogP contribution in [0.15, 0.2) is 73.0 Å². The summed E-state index contributed by atoms with van der Waals surface area (Å²) in [7, 11) is -3.93. The molecule has 9 heteroatoms. The van der Waals surface area contributed by atoms with Crippen LogP contribution in [-0.2, 0) is 23.4 Å². The van der Waals surface area contributed by atoms with Gasteiger partial charge in [-0.2, -0.15) is 17.8 Å². The van der Waals surface area contributed by atoms with Crippen LogP contribution < -0.4 is 13.8 Å². The van der Waals surface area contributed by atoms with Crippen molar-refractivity contribution < 1.29 is 18.3 Å². The Morgan fingerprint density at radius 3 is 2.63 bits per heavy atom. The van der Waals surface area contributed by atoms with Crippen LogP contribution in [0.25, 0.3) is 11.1 Å². The van der Waals surface area contributed by atoms with Gasteiger partial charge in [0.1, 0.15) is 18.0 Å². The molecular formula is C21H22N4O4S. The highest BCUT2D eigenvalue weighted by Gasteiger charge is 2.33. The summed E-state index contributed by atoms with van der Waals surface area (Å²) in [6.07, 6.45) is 5.69. The highest BCUT2D eigenvalue weighted by atomic mass is 32.2. The number of hydrogen-bond acceptors (Lipinski definition) is 5. The number of hydrogen-bond donors (Lipinski definition) is 2. The van der Waals surface area contributed by atoms with Crippen molar-refractivity contribution in [1.29, 1.82) is 0 Å². The molecule has 8 nitrogen and oxygen atoms in total. The largest absolute Gasteiger partial charge is 0.493 e. The number of aromatic nitrogens is 2. The van der Waals surface area contributed by atoms with E-state index in [0.29, 0.717) is 5.75 Å². The van der Waals surface area contributed by atoms with Gasteiger partial charge in [0.2, 0.25) is 5.88 Å². The van der Waals surface area contributed by atoms with Gasteiger partial charge in [0.25, 0.3) is 0 Å². The van der Waals surface area contributed by atoms with E-state index in [9.17, 15) is 13.5 Å². The third-order valence-electron chi connectivity index (χ3n) is 4.62. The second kappa shape index (κ2) is 8.11. The Bertz CT molecular complexity index is 1170. The number of aryl methyl sites for hydroxylation is 1. The second-order valence-electron chi connectivity index (χ2n) is 6.84. The number of nitrogens with one attached hydrogen (secondary N) is 1. The first-order valence-electron chi connectivity index (χ1n) is 9.53. The maximum absolute atomic E-state index is 12.4. The summed E-state index contributed by atoms with van der Waals surface area (Å²) in [5.41, 5.74) is 2.88. The molecule has 1 aromatic heterocycles. The summed E-state index contributed by atoms with van der Waals surface area (Å²) < 4.78 is 35.6. The molecule has 0 radical (unpaired) electrons. The van der Waals surface area contributed by atoms with E-state index in [2.05, 4.69) is 16.7 Å². The van der Waals surface area contributed by atoms with Crippen LogP contribution in [0.3, 0.4) is 0 Å². The summed E-state index contributed by atoms with van der Waals surface area (Å²) in [6.45, 7) is 3.14. The molecule has 1 aliphatic heterocycles. The first-order chi connectivity index (χ1) is 14.5. The van der Waals surface area contributed by atoms with E-state index >= 15 is 0 Å². The third-order valence-corrected chi connectivity index (χ3v) is 5.90. The third kappa shape index (κ3) is 3.97. The predicted octanol–water partition coefficient (Wildman–Crippen LogP) is 3.55. The lowest BCUT2D eigenvalue weighted by Crippen LogP contribution is -2.31. The lowest BCUT2D eigenvalue weighted by molar-refractivity contribution is 0.306. The van der Waals surface area contributed by atoms with Crippen molar-refractivity contribution in [3.8, 4) is 16.9 Å². The van der Waals surface area contributed by atoms with Gasteiger partial charge >= 0.3 is 10.2 Å². The van der Waals surface area contributed by atoms with Crippen molar-refractivity contribution in [2.75, 3.05) is 4.31 Å². The van der Waals surface area contributed by atoms with E-state index in [0.717, 1.165) is 40.2 Å². The van der Waals surface area contributed by atoms with Crippen LogP contribution in [0.2, 0.25) is 0 Å². The van der Waals surface area contributed by atoms with Crippen LogP contribution in [0.4, 0.5) is 5.69 Å². The Labute approximate surface area is 175 Å². The van der Waals surface area contributed by atoms with Crippen molar-refractivity contribution in [1.82, 2.24) is 14.5 Å². The standard InChI is InChI=1S/C21H22N4O4S/c1-2-10-24-14-18(12-22-24)17-8-9-19(25-21(26)13-23-30(25,27)28)20(11-17)29-15-16-6-4-3-5-7-16/h3-9,11-14,23,26H,2,10,15H2,1H3. The summed E-state index contributed by atoms with van der Waals surface area (Å²) >= 11 is 0. The van der Waals surface area contributed by atoms with Crippen LogP contribution in [0, 0.1) is 0 Å². The SMILES string of the molecule is CCCn1cc(-c2ccc(N3C(O)=CNS3(=O)=O)c(OCc3ccccc3)c2)cn1. The van der Waals surface area contributed by atoms with Crippen LogP contribution in [-0.4, -0.2) is 23.3 Å². The van der Waals surface area contributed by atoms with E-state index in [1.807, 2.05) is 41.2 Å². The van der Waals surface area contributed by atoms with Crippen LogP contribution in [0.5, 0.6) is 5.75 Å². The molecule has 0 unspecified atom stereocenters. The highest BCUT2D eigenvalue weighted by molar-refractivity contribution is 7.91. The van der Waals surface area contributed by atoms with E-state index in [4.69, 9.17) is 4.74 Å². The minimum atomic E-state index is -3.93. The average Bonchev–Trinajstić information content (AvgIpc) is 3.31. The van der Waals surface area contributed by atoms with Gasteiger partial charge in [-0.15, -0.1) is 0 Å². The normalized spacial score (nSPS) is 15.0. The average molecular weight is 426 g/mol. The number of aliphatic hydroxyl groups excluding tert-OH is 1. The molecule has 0 spiro atoms. The number of ether oxygens (including phenoxy) is 1. The van der Waals surface area contributed by atoms with Gasteiger partial charge in [-0.25, -0.2) is 0 Å². The molecule has 0 aliphatic carbocycles. The number of benzene rings is 2. The van der Waals surface area contributed by atoms with Crippen molar-refractivity contribution in [3.05, 3.63) is 78.6 Å². The first kappa shape index (κ1) is 19.8. The van der Waals surface area contributed by atoms with Crippen LogP contribution >= 0.6 is 0 Å². The predicted molar refractivity (Wildman–Crippen MR) is 114 cm³/mol. The van der Waals surface area contributed by atoms with E-state index in [1.165, 1.54) is 0 Å². The zero-order chi connectivity index (χ0) is 21.1. The van der Waals surface area contributed by atoms with E-state index in [-0.39, 0.29) is 12.3 Å². The van der Waals surface area contributed by atoms with E-state index < -0.39 is 16.1 Å². The first-order valence-corrected chi connectivity index (χ1v) is 11.0. The number of aliphatic hydroxyl groups is 1. The zero-order valence-corrected chi connectivity index (χ0v) is 17.2. The second-order valence-corrected chi connectivity index (χ2v) is 8.39. The summed E-state index contributed by atoms with van der Waals surface area (Å²) in [5, 5.41) is 14.5. The summed E-state index contributed by atoms with van der Waals surface area (Å²) in [4.78, 5) is 0. The molecular weight excluding hydrogens is 404 g/mol. The number of anilines is 1. The molecule has 0 amide bonds. The molecule has 0 fully saturated rings. The lowest BCUT2D eigenvalue weighted by Gasteiger charge is -2.21.